The lowest BCUT2D eigenvalue weighted by molar-refractivity contribution is -0.137. The van der Waals surface area contributed by atoms with E-state index >= 15 is 0 Å². The minimum atomic E-state index is -4.29. The molecule has 158 valence electrons. The van der Waals surface area contributed by atoms with Gasteiger partial charge < -0.3 is 0 Å². The molecule has 0 spiro atoms. The largest absolute Gasteiger partial charge is 0.416 e. The highest BCUT2D eigenvalue weighted by Gasteiger charge is 2.30. The first-order valence-electron chi connectivity index (χ1n) is 10.8. The van der Waals surface area contributed by atoms with E-state index < -0.39 is 11.7 Å². The normalized spacial score (nSPS) is 20.2. The van der Waals surface area contributed by atoms with Crippen LogP contribution >= 0.6 is 0 Å². The topological polar surface area (TPSA) is 3.24 Å². The average Bonchev–Trinajstić information content (AvgIpc) is 2.78. The Labute approximate surface area is 176 Å². The van der Waals surface area contributed by atoms with Gasteiger partial charge in [-0.25, -0.2) is 0 Å². The van der Waals surface area contributed by atoms with Crippen molar-refractivity contribution in [3.05, 3.63) is 89.0 Å². The summed E-state index contributed by atoms with van der Waals surface area (Å²) in [6.45, 7) is 2.64. The monoisotopic (exact) mass is 411 g/mol. The van der Waals surface area contributed by atoms with Crippen molar-refractivity contribution in [3.8, 4) is 0 Å². The highest BCUT2D eigenvalue weighted by molar-refractivity contribution is 5.67. The summed E-state index contributed by atoms with van der Waals surface area (Å²) < 4.78 is 38.9. The number of hydrogen-bond acceptors (Lipinski definition) is 1. The summed E-state index contributed by atoms with van der Waals surface area (Å²) >= 11 is 0. The van der Waals surface area contributed by atoms with Crippen LogP contribution in [0.1, 0.15) is 53.9 Å². The van der Waals surface area contributed by atoms with Gasteiger partial charge in [0.15, 0.2) is 0 Å². The van der Waals surface area contributed by atoms with Gasteiger partial charge in [-0.3, -0.25) is 4.90 Å². The third kappa shape index (κ3) is 5.23. The maximum absolute atomic E-state index is 13.0. The smallest absolute Gasteiger partial charge is 0.299 e. The number of halogens is 3. The van der Waals surface area contributed by atoms with Crippen LogP contribution < -0.4 is 0 Å². The first kappa shape index (κ1) is 20.9. The first-order chi connectivity index (χ1) is 14.5. The molecule has 4 rings (SSSR count). The zero-order valence-electron chi connectivity index (χ0n) is 17.2. The summed E-state index contributed by atoms with van der Waals surface area (Å²) in [6, 6.07) is 14.7. The third-order valence-corrected chi connectivity index (χ3v) is 6.29. The van der Waals surface area contributed by atoms with Gasteiger partial charge in [0.25, 0.3) is 0 Å². The van der Waals surface area contributed by atoms with Gasteiger partial charge in [-0.2, -0.15) is 13.2 Å². The summed E-state index contributed by atoms with van der Waals surface area (Å²) in [5, 5.41) is 0. The minimum Gasteiger partial charge on any atom is -0.299 e. The average molecular weight is 412 g/mol. The lowest BCUT2D eigenvalue weighted by Crippen LogP contribution is -2.30. The maximum atomic E-state index is 13.0. The van der Waals surface area contributed by atoms with Crippen molar-refractivity contribution in [1.29, 1.82) is 0 Å². The number of hydrogen-bond donors (Lipinski definition) is 0. The van der Waals surface area contributed by atoms with Gasteiger partial charge in [0.05, 0.1) is 5.56 Å². The van der Waals surface area contributed by atoms with Gasteiger partial charge in [0.2, 0.25) is 0 Å². The van der Waals surface area contributed by atoms with E-state index in [2.05, 4.69) is 47.4 Å². The first-order valence-corrected chi connectivity index (χ1v) is 10.8. The predicted molar refractivity (Wildman–Crippen MR) is 116 cm³/mol. The zero-order valence-corrected chi connectivity index (χ0v) is 17.2. The van der Waals surface area contributed by atoms with E-state index in [0.717, 1.165) is 50.5 Å². The number of rotatable bonds is 5. The maximum Gasteiger partial charge on any atom is 0.416 e. The van der Waals surface area contributed by atoms with Crippen LogP contribution in [0.3, 0.4) is 0 Å². The fraction of sp³-hybridized carbons (Fsp3) is 0.385. The molecular weight excluding hydrogens is 383 g/mol. The van der Waals surface area contributed by atoms with Crippen molar-refractivity contribution in [3.63, 3.8) is 0 Å². The molecule has 30 heavy (non-hydrogen) atoms. The molecule has 1 aliphatic carbocycles. The predicted octanol–water partition coefficient (Wildman–Crippen LogP) is 6.86. The Bertz CT molecular complexity index is 909. The number of alkyl halides is 3. The standard InChI is InChI=1S/C26H28F3N/c27-26(28,29)25-8-4-7-24(19-25)23-14-17-30(18-15-23)16-13-20-9-11-22(12-10-20)21-5-2-1-3-6-21/h1-2,4,7-12,14,19,21H,3,5-6,13,15-18H2. The minimum absolute atomic E-state index is 0.573. The highest BCUT2D eigenvalue weighted by Crippen LogP contribution is 2.32. The van der Waals surface area contributed by atoms with Crippen LogP contribution in [-0.2, 0) is 12.6 Å². The molecular formula is C26H28F3N. The quantitative estimate of drug-likeness (QED) is 0.486. The lowest BCUT2D eigenvalue weighted by Gasteiger charge is -2.27. The SMILES string of the molecule is FC(F)(F)c1cccc(C2=CCN(CCc3ccc(C4CC=CCC4)cc3)CC2)c1. The Morgan fingerprint density at radius 1 is 1.00 bits per heavy atom. The second-order valence-electron chi connectivity index (χ2n) is 8.33. The summed E-state index contributed by atoms with van der Waals surface area (Å²) in [6.07, 6.45) is 7.71. The van der Waals surface area contributed by atoms with E-state index in [1.165, 1.54) is 36.1 Å². The second-order valence-corrected chi connectivity index (χ2v) is 8.33. The molecule has 2 aromatic carbocycles. The molecule has 0 saturated carbocycles. The molecule has 1 atom stereocenters. The fourth-order valence-electron chi connectivity index (χ4n) is 4.41. The second kappa shape index (κ2) is 9.22. The zero-order chi connectivity index (χ0) is 21.0. The molecule has 0 radical (unpaired) electrons. The molecule has 0 saturated heterocycles. The summed E-state index contributed by atoms with van der Waals surface area (Å²) in [5.74, 6) is 0.658. The van der Waals surface area contributed by atoms with Crippen molar-refractivity contribution >= 4 is 5.57 Å². The molecule has 0 fully saturated rings. The van der Waals surface area contributed by atoms with E-state index in [-0.39, 0.29) is 0 Å². The van der Waals surface area contributed by atoms with Crippen molar-refractivity contribution in [2.45, 2.75) is 44.2 Å². The molecule has 1 aliphatic heterocycles. The van der Waals surface area contributed by atoms with Crippen LogP contribution in [-0.4, -0.2) is 24.5 Å². The van der Waals surface area contributed by atoms with E-state index in [0.29, 0.717) is 11.5 Å². The molecule has 0 bridgehead atoms. The van der Waals surface area contributed by atoms with Crippen molar-refractivity contribution in [1.82, 2.24) is 4.90 Å². The molecule has 2 aliphatic rings. The van der Waals surface area contributed by atoms with Crippen LogP contribution in [0.4, 0.5) is 13.2 Å². The summed E-state index contributed by atoms with van der Waals surface area (Å²) in [4.78, 5) is 2.37. The van der Waals surface area contributed by atoms with Gasteiger partial charge in [0.1, 0.15) is 0 Å². The van der Waals surface area contributed by atoms with Crippen molar-refractivity contribution < 1.29 is 13.2 Å². The molecule has 4 heteroatoms. The summed E-state index contributed by atoms with van der Waals surface area (Å²) in [5.41, 5.74) is 3.92. The third-order valence-electron chi connectivity index (χ3n) is 6.29. The molecule has 2 aromatic rings. The molecule has 0 amide bonds. The van der Waals surface area contributed by atoms with Crippen molar-refractivity contribution in [2.75, 3.05) is 19.6 Å². The molecule has 1 nitrogen and oxygen atoms in total. The van der Waals surface area contributed by atoms with Gasteiger partial charge in [0, 0.05) is 19.6 Å². The number of nitrogens with zero attached hydrogens (tertiary/aromatic N) is 1. The van der Waals surface area contributed by atoms with Gasteiger partial charge >= 0.3 is 6.18 Å². The Hall–Kier alpha value is -2.33. The lowest BCUT2D eigenvalue weighted by atomic mass is 9.87. The molecule has 1 unspecified atom stereocenters. The Balaban J connectivity index is 1.30. The number of allylic oxidation sites excluding steroid dienone is 2. The molecule has 0 N–H and O–H groups in total. The Morgan fingerprint density at radius 2 is 1.83 bits per heavy atom. The fourth-order valence-corrected chi connectivity index (χ4v) is 4.41. The van der Waals surface area contributed by atoms with Gasteiger partial charge in [-0.05, 0) is 72.4 Å². The van der Waals surface area contributed by atoms with Crippen LogP contribution in [0.25, 0.3) is 5.57 Å². The van der Waals surface area contributed by atoms with Crippen molar-refractivity contribution in [2.24, 2.45) is 0 Å². The van der Waals surface area contributed by atoms with Gasteiger partial charge in [-0.1, -0.05) is 54.6 Å². The Morgan fingerprint density at radius 3 is 2.50 bits per heavy atom. The highest BCUT2D eigenvalue weighted by atomic mass is 19.4. The van der Waals surface area contributed by atoms with Crippen LogP contribution in [0.2, 0.25) is 0 Å². The Kier molecular flexibility index (Phi) is 6.43. The van der Waals surface area contributed by atoms with E-state index in [1.807, 2.05) is 0 Å². The van der Waals surface area contributed by atoms with Crippen LogP contribution in [0, 0.1) is 0 Å². The van der Waals surface area contributed by atoms with E-state index in [9.17, 15) is 13.2 Å². The molecule has 0 aromatic heterocycles. The number of benzene rings is 2. The van der Waals surface area contributed by atoms with Crippen LogP contribution in [0.5, 0.6) is 0 Å². The molecule has 1 heterocycles. The van der Waals surface area contributed by atoms with Crippen LogP contribution in [0.15, 0.2) is 66.8 Å². The van der Waals surface area contributed by atoms with E-state index in [4.69, 9.17) is 0 Å². The van der Waals surface area contributed by atoms with Gasteiger partial charge in [-0.15, -0.1) is 0 Å². The summed E-state index contributed by atoms with van der Waals surface area (Å²) in [7, 11) is 0. The van der Waals surface area contributed by atoms with E-state index in [1.54, 1.807) is 6.07 Å².